The van der Waals surface area contributed by atoms with E-state index in [0.29, 0.717) is 6.04 Å². The van der Waals surface area contributed by atoms with Gasteiger partial charge in [-0.1, -0.05) is 12.8 Å². The van der Waals surface area contributed by atoms with Crippen LogP contribution in [0, 0.1) is 0 Å². The lowest BCUT2D eigenvalue weighted by molar-refractivity contribution is 0.392. The highest BCUT2D eigenvalue weighted by Gasteiger charge is 2.21. The summed E-state index contributed by atoms with van der Waals surface area (Å²) in [6.45, 7) is 1.10. The summed E-state index contributed by atoms with van der Waals surface area (Å²) in [4.78, 5) is 0. The van der Waals surface area contributed by atoms with Gasteiger partial charge in [0.15, 0.2) is 5.75 Å². The van der Waals surface area contributed by atoms with Crippen molar-refractivity contribution in [3.63, 3.8) is 0 Å². The van der Waals surface area contributed by atoms with Crippen molar-refractivity contribution in [2.45, 2.75) is 31.7 Å². The van der Waals surface area contributed by atoms with Gasteiger partial charge in [0.2, 0.25) is 0 Å². The Kier molecular flexibility index (Phi) is 3.26. The molecule has 0 radical (unpaired) electrons. The molecule has 84 valence electrons. The van der Waals surface area contributed by atoms with Gasteiger partial charge >= 0.3 is 0 Å². The fourth-order valence-corrected chi connectivity index (χ4v) is 2.24. The zero-order valence-electron chi connectivity index (χ0n) is 9.49. The quantitative estimate of drug-likeness (QED) is 0.804. The molecule has 1 N–H and O–H groups in total. The second kappa shape index (κ2) is 4.66. The SMILES string of the molecule is COc1cnn(C)c1C1CCCCCN1. The molecule has 0 spiro atoms. The number of rotatable bonds is 2. The van der Waals surface area contributed by atoms with Gasteiger partial charge in [-0.3, -0.25) is 4.68 Å². The number of nitrogens with one attached hydrogen (secondary N) is 1. The fraction of sp³-hybridized carbons (Fsp3) is 0.727. The van der Waals surface area contributed by atoms with E-state index in [9.17, 15) is 0 Å². The predicted molar refractivity (Wildman–Crippen MR) is 59.0 cm³/mol. The summed E-state index contributed by atoms with van der Waals surface area (Å²) in [5.74, 6) is 0.900. The van der Waals surface area contributed by atoms with E-state index in [1.165, 1.54) is 31.4 Å². The van der Waals surface area contributed by atoms with E-state index in [2.05, 4.69) is 10.4 Å². The number of methoxy groups -OCH3 is 1. The maximum Gasteiger partial charge on any atom is 0.161 e. The first-order valence-corrected chi connectivity index (χ1v) is 5.62. The summed E-state index contributed by atoms with van der Waals surface area (Å²) < 4.78 is 7.26. The van der Waals surface area contributed by atoms with Crippen molar-refractivity contribution < 1.29 is 4.74 Å². The van der Waals surface area contributed by atoms with Gasteiger partial charge in [0.1, 0.15) is 0 Å². The predicted octanol–water partition coefficient (Wildman–Crippen LogP) is 1.63. The molecule has 0 aromatic carbocycles. The summed E-state index contributed by atoms with van der Waals surface area (Å²) in [7, 11) is 3.68. The number of aryl methyl sites for hydroxylation is 1. The smallest absolute Gasteiger partial charge is 0.161 e. The minimum atomic E-state index is 0.398. The van der Waals surface area contributed by atoms with Crippen molar-refractivity contribution in [3.8, 4) is 5.75 Å². The standard InChI is InChI=1S/C11H19N3O/c1-14-11(10(15-2)8-13-14)9-6-4-3-5-7-12-9/h8-9,12H,3-7H2,1-2H3. The molecule has 1 saturated heterocycles. The van der Waals surface area contributed by atoms with E-state index in [-0.39, 0.29) is 0 Å². The van der Waals surface area contributed by atoms with Gasteiger partial charge in [-0.15, -0.1) is 0 Å². The van der Waals surface area contributed by atoms with Gasteiger partial charge in [0.25, 0.3) is 0 Å². The first-order chi connectivity index (χ1) is 7.33. The van der Waals surface area contributed by atoms with Crippen LogP contribution in [0.3, 0.4) is 0 Å². The highest BCUT2D eigenvalue weighted by molar-refractivity contribution is 5.28. The summed E-state index contributed by atoms with van der Waals surface area (Å²) in [6, 6.07) is 0.398. The number of ether oxygens (including phenoxy) is 1. The molecule has 0 aliphatic carbocycles. The average Bonchev–Trinajstić information content (AvgIpc) is 2.48. The third-order valence-corrected chi connectivity index (χ3v) is 3.06. The molecule has 0 saturated carbocycles. The molecule has 15 heavy (non-hydrogen) atoms. The Morgan fingerprint density at radius 2 is 2.33 bits per heavy atom. The van der Waals surface area contributed by atoms with E-state index >= 15 is 0 Å². The van der Waals surface area contributed by atoms with Crippen LogP contribution in [0.25, 0.3) is 0 Å². The van der Waals surface area contributed by atoms with Crippen LogP contribution in [0.5, 0.6) is 5.75 Å². The fourth-order valence-electron chi connectivity index (χ4n) is 2.24. The Morgan fingerprint density at radius 3 is 3.13 bits per heavy atom. The lowest BCUT2D eigenvalue weighted by Gasteiger charge is -2.17. The number of hydrogen-bond donors (Lipinski definition) is 1. The van der Waals surface area contributed by atoms with Crippen LogP contribution in [-0.2, 0) is 7.05 Å². The first-order valence-electron chi connectivity index (χ1n) is 5.62. The molecule has 1 aliphatic rings. The van der Waals surface area contributed by atoms with Crippen LogP contribution in [0.4, 0.5) is 0 Å². The summed E-state index contributed by atoms with van der Waals surface area (Å²) in [6.07, 6.45) is 6.85. The van der Waals surface area contributed by atoms with Crippen LogP contribution in [0.15, 0.2) is 6.20 Å². The molecule has 0 amide bonds. The lowest BCUT2D eigenvalue weighted by atomic mass is 10.1. The topological polar surface area (TPSA) is 39.1 Å². The van der Waals surface area contributed by atoms with Crippen molar-refractivity contribution in [1.29, 1.82) is 0 Å². The maximum absolute atomic E-state index is 5.34. The minimum absolute atomic E-state index is 0.398. The molecule has 4 nitrogen and oxygen atoms in total. The van der Waals surface area contributed by atoms with Crippen molar-refractivity contribution >= 4 is 0 Å². The molecule has 1 aromatic rings. The zero-order valence-corrected chi connectivity index (χ0v) is 9.49. The number of hydrogen-bond acceptors (Lipinski definition) is 3. The molecule has 1 aromatic heterocycles. The Morgan fingerprint density at radius 1 is 1.47 bits per heavy atom. The van der Waals surface area contributed by atoms with Gasteiger partial charge in [0.05, 0.1) is 25.0 Å². The minimum Gasteiger partial charge on any atom is -0.493 e. The highest BCUT2D eigenvalue weighted by atomic mass is 16.5. The number of nitrogens with zero attached hydrogens (tertiary/aromatic N) is 2. The summed E-state index contributed by atoms with van der Waals surface area (Å²) >= 11 is 0. The Labute approximate surface area is 90.6 Å². The molecule has 1 fully saturated rings. The third kappa shape index (κ3) is 2.15. The Hall–Kier alpha value is -1.03. The molecular weight excluding hydrogens is 190 g/mol. The zero-order chi connectivity index (χ0) is 10.7. The second-order valence-electron chi connectivity index (χ2n) is 4.08. The van der Waals surface area contributed by atoms with Gasteiger partial charge in [-0.05, 0) is 19.4 Å². The normalized spacial score (nSPS) is 22.4. The van der Waals surface area contributed by atoms with Crippen molar-refractivity contribution in [3.05, 3.63) is 11.9 Å². The van der Waals surface area contributed by atoms with Crippen molar-refractivity contribution in [2.75, 3.05) is 13.7 Å². The van der Waals surface area contributed by atoms with Gasteiger partial charge < -0.3 is 10.1 Å². The van der Waals surface area contributed by atoms with E-state index in [1.54, 1.807) is 13.3 Å². The Bertz CT molecular complexity index is 314. The highest BCUT2D eigenvalue weighted by Crippen LogP contribution is 2.29. The van der Waals surface area contributed by atoms with E-state index < -0.39 is 0 Å². The largest absolute Gasteiger partial charge is 0.493 e. The van der Waals surface area contributed by atoms with Crippen molar-refractivity contribution in [1.82, 2.24) is 15.1 Å². The first kappa shape index (κ1) is 10.5. The monoisotopic (exact) mass is 209 g/mol. The van der Waals surface area contributed by atoms with E-state index in [0.717, 1.165) is 12.3 Å². The van der Waals surface area contributed by atoms with Crippen LogP contribution in [-0.4, -0.2) is 23.4 Å². The van der Waals surface area contributed by atoms with Crippen molar-refractivity contribution in [2.24, 2.45) is 7.05 Å². The molecule has 0 bridgehead atoms. The van der Waals surface area contributed by atoms with Gasteiger partial charge in [-0.25, -0.2) is 0 Å². The average molecular weight is 209 g/mol. The van der Waals surface area contributed by atoms with Crippen LogP contribution < -0.4 is 10.1 Å². The van der Waals surface area contributed by atoms with Gasteiger partial charge in [0, 0.05) is 7.05 Å². The molecular formula is C11H19N3O. The van der Waals surface area contributed by atoms with E-state index in [4.69, 9.17) is 4.74 Å². The maximum atomic E-state index is 5.34. The van der Waals surface area contributed by atoms with Crippen LogP contribution in [0.1, 0.15) is 37.4 Å². The van der Waals surface area contributed by atoms with E-state index in [1.807, 2.05) is 11.7 Å². The third-order valence-electron chi connectivity index (χ3n) is 3.06. The summed E-state index contributed by atoms with van der Waals surface area (Å²) in [5.41, 5.74) is 1.18. The lowest BCUT2D eigenvalue weighted by Crippen LogP contribution is -2.23. The molecule has 2 rings (SSSR count). The second-order valence-corrected chi connectivity index (χ2v) is 4.08. The Balaban J connectivity index is 2.21. The molecule has 1 unspecified atom stereocenters. The van der Waals surface area contributed by atoms with Gasteiger partial charge in [-0.2, -0.15) is 5.10 Å². The summed E-state index contributed by atoms with van der Waals surface area (Å²) in [5, 5.41) is 7.80. The molecule has 4 heteroatoms. The van der Waals surface area contributed by atoms with Crippen LogP contribution in [0.2, 0.25) is 0 Å². The molecule has 2 heterocycles. The number of aromatic nitrogens is 2. The molecule has 1 atom stereocenters. The van der Waals surface area contributed by atoms with Crippen LogP contribution >= 0.6 is 0 Å². The molecule has 1 aliphatic heterocycles.